The second-order valence-corrected chi connectivity index (χ2v) is 4.35. The highest BCUT2D eigenvalue weighted by atomic mass is 16.2. The molecule has 0 saturated carbocycles. The Kier molecular flexibility index (Phi) is 3.94. The van der Waals surface area contributed by atoms with Crippen molar-refractivity contribution < 1.29 is 9.59 Å². The molecule has 100 valence electrons. The summed E-state index contributed by atoms with van der Waals surface area (Å²) >= 11 is 0. The number of carbonyl (C=O) groups is 2. The van der Waals surface area contributed by atoms with Gasteiger partial charge in [-0.25, -0.2) is 5.01 Å². The lowest BCUT2D eigenvalue weighted by Gasteiger charge is -2.25. The Morgan fingerprint density at radius 2 is 2.00 bits per heavy atom. The van der Waals surface area contributed by atoms with Gasteiger partial charge in [0.25, 0.3) is 5.91 Å². The van der Waals surface area contributed by atoms with E-state index in [0.717, 1.165) is 5.69 Å². The van der Waals surface area contributed by atoms with E-state index in [0.29, 0.717) is 25.1 Å². The van der Waals surface area contributed by atoms with Gasteiger partial charge in [-0.15, -0.1) is 0 Å². The van der Waals surface area contributed by atoms with Crippen LogP contribution < -0.4 is 4.90 Å². The first-order valence-electron chi connectivity index (χ1n) is 6.34. The zero-order chi connectivity index (χ0) is 13.8. The van der Waals surface area contributed by atoms with Gasteiger partial charge in [0.1, 0.15) is 5.71 Å². The number of rotatable bonds is 3. The van der Waals surface area contributed by atoms with Crippen molar-refractivity contribution >= 4 is 23.2 Å². The van der Waals surface area contributed by atoms with Crippen LogP contribution in [0.15, 0.2) is 35.4 Å². The van der Waals surface area contributed by atoms with E-state index in [9.17, 15) is 9.59 Å². The van der Waals surface area contributed by atoms with Gasteiger partial charge >= 0.3 is 0 Å². The average molecular weight is 259 g/mol. The molecule has 0 atom stereocenters. The number of benzene rings is 1. The van der Waals surface area contributed by atoms with Gasteiger partial charge in [-0.05, 0) is 19.1 Å². The Morgan fingerprint density at radius 1 is 1.32 bits per heavy atom. The third-order valence-corrected chi connectivity index (χ3v) is 3.08. The highest BCUT2D eigenvalue weighted by molar-refractivity contribution is 6.44. The van der Waals surface area contributed by atoms with E-state index in [1.807, 2.05) is 37.3 Å². The van der Waals surface area contributed by atoms with E-state index in [2.05, 4.69) is 5.10 Å². The molecule has 0 radical (unpaired) electrons. The molecule has 1 aromatic carbocycles. The topological polar surface area (TPSA) is 53.0 Å². The Bertz CT molecular complexity index is 511. The van der Waals surface area contributed by atoms with Gasteiger partial charge in [-0.3, -0.25) is 9.59 Å². The fourth-order valence-corrected chi connectivity index (χ4v) is 2.03. The van der Waals surface area contributed by atoms with Crippen LogP contribution in [0.3, 0.4) is 0 Å². The van der Waals surface area contributed by atoms with Crippen molar-refractivity contribution in [2.24, 2.45) is 5.10 Å². The summed E-state index contributed by atoms with van der Waals surface area (Å²) < 4.78 is 0. The van der Waals surface area contributed by atoms with Crippen LogP contribution in [0.5, 0.6) is 0 Å². The molecule has 2 amide bonds. The molecule has 0 fully saturated rings. The maximum absolute atomic E-state index is 12.4. The number of hydrogen-bond donors (Lipinski definition) is 0. The predicted octanol–water partition coefficient (Wildman–Crippen LogP) is 1.65. The normalized spacial score (nSPS) is 15.2. The van der Waals surface area contributed by atoms with E-state index in [1.165, 1.54) is 5.01 Å². The molecule has 1 aromatic rings. The van der Waals surface area contributed by atoms with Crippen LogP contribution in [0.25, 0.3) is 0 Å². The third-order valence-electron chi connectivity index (χ3n) is 3.08. The molecule has 0 spiro atoms. The Labute approximate surface area is 112 Å². The maximum Gasteiger partial charge on any atom is 0.274 e. The van der Waals surface area contributed by atoms with Gasteiger partial charge in [-0.1, -0.05) is 18.2 Å². The van der Waals surface area contributed by atoms with Crippen LogP contribution in [0.4, 0.5) is 5.69 Å². The zero-order valence-corrected chi connectivity index (χ0v) is 11.2. The van der Waals surface area contributed by atoms with Crippen molar-refractivity contribution in [2.45, 2.75) is 19.8 Å². The van der Waals surface area contributed by atoms with Gasteiger partial charge in [0.2, 0.25) is 5.91 Å². The van der Waals surface area contributed by atoms with Crippen LogP contribution in [-0.2, 0) is 9.59 Å². The van der Waals surface area contributed by atoms with Crippen LogP contribution in [-0.4, -0.2) is 36.1 Å². The highest BCUT2D eigenvalue weighted by Gasteiger charge is 2.25. The van der Waals surface area contributed by atoms with Gasteiger partial charge in [0.15, 0.2) is 0 Å². The van der Waals surface area contributed by atoms with E-state index in [4.69, 9.17) is 0 Å². The van der Waals surface area contributed by atoms with E-state index in [-0.39, 0.29) is 11.8 Å². The van der Waals surface area contributed by atoms with Gasteiger partial charge < -0.3 is 4.90 Å². The number of hydrogen-bond acceptors (Lipinski definition) is 3. The van der Waals surface area contributed by atoms with Crippen molar-refractivity contribution in [1.29, 1.82) is 0 Å². The van der Waals surface area contributed by atoms with Crippen LogP contribution in [0, 0.1) is 0 Å². The second kappa shape index (κ2) is 5.65. The maximum atomic E-state index is 12.4. The molecular weight excluding hydrogens is 242 g/mol. The number of amides is 2. The third kappa shape index (κ3) is 2.81. The molecule has 2 rings (SSSR count). The van der Waals surface area contributed by atoms with E-state index >= 15 is 0 Å². The number of para-hydroxylation sites is 1. The van der Waals surface area contributed by atoms with Crippen molar-refractivity contribution in [1.82, 2.24) is 5.01 Å². The number of nitrogens with zero attached hydrogens (tertiary/aromatic N) is 3. The van der Waals surface area contributed by atoms with Gasteiger partial charge in [-0.2, -0.15) is 5.10 Å². The molecule has 0 N–H and O–H groups in total. The molecule has 0 aromatic heterocycles. The standard InChI is InChI=1S/C14H17N3O2/c1-3-17(11-7-5-4-6-8-11)14(19)12-9-10-13(18)16(2)15-12/h4-8H,3,9-10H2,1-2H3. The summed E-state index contributed by atoms with van der Waals surface area (Å²) in [4.78, 5) is 25.5. The zero-order valence-electron chi connectivity index (χ0n) is 11.2. The molecule has 0 saturated heterocycles. The van der Waals surface area contributed by atoms with Crippen molar-refractivity contribution in [3.8, 4) is 0 Å². The fraction of sp³-hybridized carbons (Fsp3) is 0.357. The first-order valence-corrected chi connectivity index (χ1v) is 6.34. The molecule has 1 heterocycles. The van der Waals surface area contributed by atoms with Gasteiger partial charge in [0, 0.05) is 32.1 Å². The van der Waals surface area contributed by atoms with E-state index in [1.54, 1.807) is 11.9 Å². The Morgan fingerprint density at radius 3 is 2.58 bits per heavy atom. The molecule has 5 nitrogen and oxygen atoms in total. The first-order chi connectivity index (χ1) is 9.13. The Balaban J connectivity index is 2.23. The molecular formula is C14H17N3O2. The van der Waals surface area contributed by atoms with Gasteiger partial charge in [0.05, 0.1) is 0 Å². The molecule has 1 aliphatic rings. The minimum absolute atomic E-state index is 0.0562. The highest BCUT2D eigenvalue weighted by Crippen LogP contribution is 2.16. The number of carbonyl (C=O) groups excluding carboxylic acids is 2. The average Bonchev–Trinajstić information content (AvgIpc) is 2.44. The summed E-state index contributed by atoms with van der Waals surface area (Å²) in [6.45, 7) is 2.49. The van der Waals surface area contributed by atoms with Crippen LogP contribution in [0.2, 0.25) is 0 Å². The monoisotopic (exact) mass is 259 g/mol. The first kappa shape index (κ1) is 13.3. The molecule has 0 aliphatic carbocycles. The largest absolute Gasteiger partial charge is 0.308 e. The molecule has 19 heavy (non-hydrogen) atoms. The quantitative estimate of drug-likeness (QED) is 0.828. The molecule has 5 heteroatoms. The summed E-state index contributed by atoms with van der Waals surface area (Å²) in [6.07, 6.45) is 0.749. The minimum Gasteiger partial charge on any atom is -0.308 e. The van der Waals surface area contributed by atoms with Crippen molar-refractivity contribution in [2.75, 3.05) is 18.5 Å². The van der Waals surface area contributed by atoms with Crippen LogP contribution in [0.1, 0.15) is 19.8 Å². The van der Waals surface area contributed by atoms with Crippen molar-refractivity contribution in [3.63, 3.8) is 0 Å². The second-order valence-electron chi connectivity index (χ2n) is 4.35. The lowest BCUT2D eigenvalue weighted by molar-refractivity contribution is -0.130. The number of anilines is 1. The SMILES string of the molecule is CCN(C(=O)C1=NN(C)C(=O)CC1)c1ccccc1. The minimum atomic E-state index is -0.131. The summed E-state index contributed by atoms with van der Waals surface area (Å²) in [5, 5.41) is 5.31. The lowest BCUT2D eigenvalue weighted by atomic mass is 10.1. The summed E-state index contributed by atoms with van der Waals surface area (Å²) in [5.41, 5.74) is 1.28. The molecule has 1 aliphatic heterocycles. The molecule has 0 bridgehead atoms. The molecule has 0 unspecified atom stereocenters. The predicted molar refractivity (Wildman–Crippen MR) is 73.9 cm³/mol. The summed E-state index contributed by atoms with van der Waals surface area (Å²) in [7, 11) is 1.58. The summed E-state index contributed by atoms with van der Waals surface area (Å²) in [5.74, 6) is -0.188. The Hall–Kier alpha value is -2.17. The smallest absolute Gasteiger partial charge is 0.274 e. The summed E-state index contributed by atoms with van der Waals surface area (Å²) in [6, 6.07) is 9.47. The fourth-order valence-electron chi connectivity index (χ4n) is 2.03. The lowest BCUT2D eigenvalue weighted by Crippen LogP contribution is -2.40. The number of hydrazone groups is 1. The van der Waals surface area contributed by atoms with Crippen LogP contribution >= 0.6 is 0 Å². The van der Waals surface area contributed by atoms with E-state index < -0.39 is 0 Å². The van der Waals surface area contributed by atoms with Crippen molar-refractivity contribution in [3.05, 3.63) is 30.3 Å².